The number of nitrogens with zero attached hydrogens (tertiary/aromatic N) is 1. The Morgan fingerprint density at radius 1 is 0.917 bits per heavy atom. The van der Waals surface area contributed by atoms with Gasteiger partial charge in [-0.15, -0.1) is 0 Å². The van der Waals surface area contributed by atoms with Gasteiger partial charge in [-0.05, 0) is 57.9 Å². The molecule has 0 radical (unpaired) electrons. The summed E-state index contributed by atoms with van der Waals surface area (Å²) in [6, 6.07) is 25.3. The van der Waals surface area contributed by atoms with Gasteiger partial charge in [-0.1, -0.05) is 66.7 Å². The van der Waals surface area contributed by atoms with Crippen LogP contribution in [0.4, 0.5) is 9.18 Å². The quantitative estimate of drug-likeness (QED) is 0.262. The number of amides is 2. The first-order valence-corrected chi connectivity index (χ1v) is 12.1. The van der Waals surface area contributed by atoms with E-state index in [-0.39, 0.29) is 22.5 Å². The Balaban J connectivity index is 1.41. The Morgan fingerprint density at radius 2 is 1.67 bits per heavy atom. The van der Waals surface area contributed by atoms with Gasteiger partial charge in [0.15, 0.2) is 11.5 Å². The number of fused-ring (bicyclic) bond motifs is 1. The van der Waals surface area contributed by atoms with Crippen LogP contribution in [0.5, 0.6) is 11.5 Å². The van der Waals surface area contributed by atoms with Gasteiger partial charge in [0.25, 0.3) is 11.1 Å². The second-order valence-corrected chi connectivity index (χ2v) is 9.19. The Morgan fingerprint density at radius 3 is 2.47 bits per heavy atom. The SMILES string of the molecule is COc1cccc(/C=C2\SC(=O)N(Cc3ccc(F)cc3)C2=O)c1OCc1cccc2ccccc12. The van der Waals surface area contributed by atoms with Crippen LogP contribution in [0.2, 0.25) is 0 Å². The number of thioether (sulfide) groups is 1. The molecule has 2 amide bonds. The number of carbonyl (C=O) groups is 2. The Kier molecular flexibility index (Phi) is 6.73. The molecular weight excluding hydrogens is 477 g/mol. The lowest BCUT2D eigenvalue weighted by atomic mass is 10.1. The molecule has 0 atom stereocenters. The third-order valence-corrected chi connectivity index (χ3v) is 6.80. The summed E-state index contributed by atoms with van der Waals surface area (Å²) in [5.74, 6) is 0.229. The van der Waals surface area contributed by atoms with Gasteiger partial charge in [-0.25, -0.2) is 4.39 Å². The normalized spacial score (nSPS) is 14.6. The van der Waals surface area contributed by atoms with Crippen molar-refractivity contribution in [2.24, 2.45) is 0 Å². The second-order valence-electron chi connectivity index (χ2n) is 8.20. The molecule has 0 bridgehead atoms. The molecular formula is C29H22FNO4S. The molecule has 5 nitrogen and oxygen atoms in total. The van der Waals surface area contributed by atoms with Crippen molar-refractivity contribution in [3.8, 4) is 11.5 Å². The number of carbonyl (C=O) groups excluding carboxylic acids is 2. The molecule has 0 unspecified atom stereocenters. The van der Waals surface area contributed by atoms with Gasteiger partial charge in [-0.2, -0.15) is 0 Å². The molecule has 4 aromatic carbocycles. The predicted octanol–water partition coefficient (Wildman–Crippen LogP) is 6.80. The highest BCUT2D eigenvalue weighted by Gasteiger charge is 2.35. The molecule has 1 saturated heterocycles. The van der Waals surface area contributed by atoms with Gasteiger partial charge >= 0.3 is 0 Å². The molecule has 0 saturated carbocycles. The standard InChI is InChI=1S/C29H22FNO4S/c1-34-25-11-5-8-21(27(25)35-18-22-9-4-7-20-6-2-3-10-24(20)22)16-26-28(32)31(29(33)36-26)17-19-12-14-23(30)15-13-19/h2-16H,17-18H2,1H3/b26-16-. The maximum absolute atomic E-state index is 13.2. The summed E-state index contributed by atoms with van der Waals surface area (Å²) in [5.41, 5.74) is 2.31. The highest BCUT2D eigenvalue weighted by Crippen LogP contribution is 2.38. The summed E-state index contributed by atoms with van der Waals surface area (Å²) in [6.07, 6.45) is 1.65. The van der Waals surface area contributed by atoms with Gasteiger partial charge in [0, 0.05) is 5.56 Å². The topological polar surface area (TPSA) is 55.8 Å². The number of hydrogen-bond acceptors (Lipinski definition) is 5. The van der Waals surface area contributed by atoms with Crippen molar-refractivity contribution in [1.29, 1.82) is 0 Å². The number of ether oxygens (including phenoxy) is 2. The molecule has 1 aliphatic rings. The van der Waals surface area contributed by atoms with E-state index in [1.165, 1.54) is 12.1 Å². The van der Waals surface area contributed by atoms with Crippen molar-refractivity contribution < 1.29 is 23.5 Å². The molecule has 0 aliphatic carbocycles. The van der Waals surface area contributed by atoms with Crippen molar-refractivity contribution in [3.05, 3.63) is 112 Å². The lowest BCUT2D eigenvalue weighted by molar-refractivity contribution is -0.123. The van der Waals surface area contributed by atoms with Crippen molar-refractivity contribution in [2.75, 3.05) is 7.11 Å². The van der Waals surface area contributed by atoms with E-state index in [9.17, 15) is 14.0 Å². The van der Waals surface area contributed by atoms with Crippen LogP contribution in [-0.4, -0.2) is 23.2 Å². The van der Waals surface area contributed by atoms with Crippen LogP contribution in [-0.2, 0) is 17.9 Å². The Hall–Kier alpha value is -4.10. The highest BCUT2D eigenvalue weighted by molar-refractivity contribution is 8.18. The molecule has 36 heavy (non-hydrogen) atoms. The zero-order valence-electron chi connectivity index (χ0n) is 19.4. The lowest BCUT2D eigenvalue weighted by Crippen LogP contribution is -2.27. The van der Waals surface area contributed by atoms with Gasteiger partial charge in [0.2, 0.25) is 0 Å². The summed E-state index contributed by atoms with van der Waals surface area (Å²) >= 11 is 0.866. The largest absolute Gasteiger partial charge is 0.493 e. The molecule has 1 fully saturated rings. The zero-order valence-corrected chi connectivity index (χ0v) is 20.3. The summed E-state index contributed by atoms with van der Waals surface area (Å²) in [6.45, 7) is 0.374. The molecule has 1 aliphatic heterocycles. The number of methoxy groups -OCH3 is 1. The fraction of sp³-hybridized carbons (Fsp3) is 0.103. The van der Waals surface area contributed by atoms with Gasteiger partial charge in [0.05, 0.1) is 18.6 Å². The van der Waals surface area contributed by atoms with E-state index in [4.69, 9.17) is 9.47 Å². The average molecular weight is 500 g/mol. The number of rotatable bonds is 7. The van der Waals surface area contributed by atoms with Crippen molar-refractivity contribution >= 4 is 39.8 Å². The average Bonchev–Trinajstić information content (AvgIpc) is 3.16. The van der Waals surface area contributed by atoms with Gasteiger partial charge in [0.1, 0.15) is 12.4 Å². The first-order chi connectivity index (χ1) is 17.5. The predicted molar refractivity (Wildman–Crippen MR) is 139 cm³/mol. The molecule has 5 rings (SSSR count). The first-order valence-electron chi connectivity index (χ1n) is 11.3. The summed E-state index contributed by atoms with van der Waals surface area (Å²) < 4.78 is 25.0. The van der Waals surface area contributed by atoms with E-state index in [0.29, 0.717) is 29.2 Å². The summed E-state index contributed by atoms with van der Waals surface area (Å²) in [7, 11) is 1.56. The van der Waals surface area contributed by atoms with Gasteiger partial charge < -0.3 is 9.47 Å². The van der Waals surface area contributed by atoms with Crippen molar-refractivity contribution in [1.82, 2.24) is 4.90 Å². The van der Waals surface area contributed by atoms with Crippen molar-refractivity contribution in [2.45, 2.75) is 13.2 Å². The van der Waals surface area contributed by atoms with Gasteiger partial charge in [-0.3, -0.25) is 14.5 Å². The highest BCUT2D eigenvalue weighted by atomic mass is 32.2. The number of halogens is 1. The third kappa shape index (κ3) is 4.83. The number of benzene rings is 4. The fourth-order valence-electron chi connectivity index (χ4n) is 4.08. The monoisotopic (exact) mass is 499 g/mol. The van der Waals surface area contributed by atoms with Crippen LogP contribution in [0, 0.1) is 5.82 Å². The third-order valence-electron chi connectivity index (χ3n) is 5.90. The van der Waals surface area contributed by atoms with Crippen LogP contribution in [0.1, 0.15) is 16.7 Å². The van der Waals surface area contributed by atoms with Crippen LogP contribution in [0.15, 0.2) is 89.8 Å². The minimum Gasteiger partial charge on any atom is -0.493 e. The van der Waals surface area contributed by atoms with Crippen molar-refractivity contribution in [3.63, 3.8) is 0 Å². The Bertz CT molecular complexity index is 1480. The molecule has 0 N–H and O–H groups in total. The summed E-state index contributed by atoms with van der Waals surface area (Å²) in [4.78, 5) is 27.1. The number of imide groups is 1. The number of hydrogen-bond donors (Lipinski definition) is 0. The summed E-state index contributed by atoms with van der Waals surface area (Å²) in [5, 5.41) is 1.84. The molecule has 0 aromatic heterocycles. The van der Waals surface area contributed by atoms with Crippen LogP contribution < -0.4 is 9.47 Å². The first kappa shape index (κ1) is 23.6. The maximum Gasteiger partial charge on any atom is 0.293 e. The molecule has 1 heterocycles. The maximum atomic E-state index is 13.2. The lowest BCUT2D eigenvalue weighted by Gasteiger charge is -2.15. The second kappa shape index (κ2) is 10.3. The minimum atomic E-state index is -0.405. The van der Waals surface area contributed by atoms with E-state index in [1.807, 2.05) is 36.4 Å². The molecule has 180 valence electrons. The molecule has 4 aromatic rings. The van der Waals surface area contributed by atoms with Crippen LogP contribution >= 0.6 is 11.8 Å². The molecule has 7 heteroatoms. The molecule has 0 spiro atoms. The van der Waals surface area contributed by atoms with E-state index in [2.05, 4.69) is 12.1 Å². The fourth-order valence-corrected chi connectivity index (χ4v) is 4.91. The van der Waals surface area contributed by atoms with Crippen LogP contribution in [0.3, 0.4) is 0 Å². The van der Waals surface area contributed by atoms with E-state index in [0.717, 1.165) is 33.0 Å². The number of para-hydroxylation sites is 1. The Labute approximate surface area is 212 Å². The zero-order chi connectivity index (χ0) is 25.1. The smallest absolute Gasteiger partial charge is 0.293 e. The minimum absolute atomic E-state index is 0.0742. The van der Waals surface area contributed by atoms with E-state index < -0.39 is 5.91 Å². The van der Waals surface area contributed by atoms with E-state index in [1.54, 1.807) is 37.5 Å². The van der Waals surface area contributed by atoms with Crippen LogP contribution in [0.25, 0.3) is 16.8 Å². The van der Waals surface area contributed by atoms with E-state index >= 15 is 0 Å².